The van der Waals surface area contributed by atoms with Gasteiger partial charge < -0.3 is 10.5 Å². The monoisotopic (exact) mass is 338 g/mol. The van der Waals surface area contributed by atoms with Gasteiger partial charge in [0.25, 0.3) is 5.91 Å². The summed E-state index contributed by atoms with van der Waals surface area (Å²) in [4.78, 5) is 35.0. The third kappa shape index (κ3) is 3.84. The van der Waals surface area contributed by atoms with Gasteiger partial charge in [-0.3, -0.25) is 10.1 Å². The van der Waals surface area contributed by atoms with E-state index in [0.717, 1.165) is 11.3 Å². The van der Waals surface area contributed by atoms with Crippen LogP contribution in [0.4, 0.5) is 9.18 Å². The smallest absolute Gasteiger partial charge is 0.349 e. The number of thiophene rings is 1. The van der Waals surface area contributed by atoms with Crippen molar-refractivity contribution < 1.29 is 23.5 Å². The first-order valence-corrected chi connectivity index (χ1v) is 7.60. The number of amides is 3. The van der Waals surface area contributed by atoms with Gasteiger partial charge in [0.1, 0.15) is 10.7 Å². The molecule has 2 aromatic rings. The predicted octanol–water partition coefficient (Wildman–Crippen LogP) is 2.42. The van der Waals surface area contributed by atoms with Crippen molar-refractivity contribution in [2.24, 2.45) is 11.7 Å². The number of hydrogen-bond acceptors (Lipinski definition) is 5. The fourth-order valence-corrected chi connectivity index (χ4v) is 2.94. The van der Waals surface area contributed by atoms with E-state index in [4.69, 9.17) is 10.5 Å². The zero-order valence-electron chi connectivity index (χ0n) is 12.5. The minimum absolute atomic E-state index is 0.169. The molecule has 3 amide bonds. The van der Waals surface area contributed by atoms with Crippen molar-refractivity contribution in [3.05, 3.63) is 35.0 Å². The molecule has 0 spiro atoms. The highest BCUT2D eigenvalue weighted by Gasteiger charge is 2.28. The number of benzene rings is 1. The van der Waals surface area contributed by atoms with Crippen molar-refractivity contribution in [3.63, 3.8) is 0 Å². The zero-order valence-corrected chi connectivity index (χ0v) is 13.3. The van der Waals surface area contributed by atoms with Crippen LogP contribution in [0.2, 0.25) is 0 Å². The molecule has 1 atom stereocenters. The SMILES string of the molecule is CC(C)[C@@H](OC(=O)c1cc2c(F)cccc2s1)C(=O)NC(N)=O. The van der Waals surface area contributed by atoms with E-state index in [2.05, 4.69) is 0 Å². The molecule has 0 radical (unpaired) electrons. The first-order chi connectivity index (χ1) is 10.8. The highest BCUT2D eigenvalue weighted by molar-refractivity contribution is 7.20. The average Bonchev–Trinajstić information content (AvgIpc) is 2.88. The Kier molecular flexibility index (Phi) is 4.95. The molecule has 3 N–H and O–H groups in total. The molecule has 8 heteroatoms. The first-order valence-electron chi connectivity index (χ1n) is 6.79. The molecule has 0 aliphatic carbocycles. The van der Waals surface area contributed by atoms with E-state index >= 15 is 0 Å². The maximum atomic E-state index is 13.7. The maximum Gasteiger partial charge on any atom is 0.349 e. The van der Waals surface area contributed by atoms with Crippen molar-refractivity contribution in [2.75, 3.05) is 0 Å². The number of urea groups is 1. The molecule has 0 unspecified atom stereocenters. The van der Waals surface area contributed by atoms with E-state index in [1.54, 1.807) is 26.0 Å². The number of carbonyl (C=O) groups excluding carboxylic acids is 3. The van der Waals surface area contributed by atoms with Gasteiger partial charge in [-0.05, 0) is 24.1 Å². The van der Waals surface area contributed by atoms with Crippen LogP contribution < -0.4 is 11.1 Å². The summed E-state index contributed by atoms with van der Waals surface area (Å²) >= 11 is 1.06. The minimum atomic E-state index is -1.18. The molecule has 1 aromatic carbocycles. The summed E-state index contributed by atoms with van der Waals surface area (Å²) in [7, 11) is 0. The molecular weight excluding hydrogens is 323 g/mol. The van der Waals surface area contributed by atoms with Gasteiger partial charge in [0.15, 0.2) is 6.10 Å². The Bertz CT molecular complexity index is 772. The molecule has 6 nitrogen and oxygen atoms in total. The summed E-state index contributed by atoms with van der Waals surface area (Å²) in [6.07, 6.45) is -1.18. The number of esters is 1. The lowest BCUT2D eigenvalue weighted by molar-refractivity contribution is -0.130. The summed E-state index contributed by atoms with van der Waals surface area (Å²) in [6.45, 7) is 3.31. The number of ether oxygens (including phenoxy) is 1. The maximum absolute atomic E-state index is 13.7. The van der Waals surface area contributed by atoms with Gasteiger partial charge in [-0.25, -0.2) is 14.0 Å². The second-order valence-electron chi connectivity index (χ2n) is 5.19. The number of carbonyl (C=O) groups is 3. The highest BCUT2D eigenvalue weighted by Crippen LogP contribution is 2.28. The lowest BCUT2D eigenvalue weighted by atomic mass is 10.1. The van der Waals surface area contributed by atoms with E-state index in [1.807, 2.05) is 5.32 Å². The largest absolute Gasteiger partial charge is 0.448 e. The van der Waals surface area contributed by atoms with Crippen molar-refractivity contribution >= 4 is 39.3 Å². The average molecular weight is 338 g/mol. The topological polar surface area (TPSA) is 98.5 Å². The van der Waals surface area contributed by atoms with Crippen LogP contribution in [0, 0.1) is 11.7 Å². The Hall–Kier alpha value is -2.48. The van der Waals surface area contributed by atoms with Crippen molar-refractivity contribution in [1.82, 2.24) is 5.32 Å². The van der Waals surface area contributed by atoms with Gasteiger partial charge in [0.05, 0.1) is 0 Å². The normalized spacial score (nSPS) is 12.2. The fourth-order valence-electron chi connectivity index (χ4n) is 1.98. The van der Waals surface area contributed by atoms with E-state index in [1.165, 1.54) is 12.1 Å². The molecule has 0 saturated heterocycles. The van der Waals surface area contributed by atoms with Crippen LogP contribution in [-0.4, -0.2) is 24.0 Å². The van der Waals surface area contributed by atoms with Crippen LogP contribution in [-0.2, 0) is 9.53 Å². The first kappa shape index (κ1) is 16.9. The Morgan fingerprint density at radius 1 is 1.30 bits per heavy atom. The van der Waals surface area contributed by atoms with Crippen LogP contribution in [0.15, 0.2) is 24.3 Å². The van der Waals surface area contributed by atoms with Crippen LogP contribution in [0.3, 0.4) is 0 Å². The predicted molar refractivity (Wildman–Crippen MR) is 83.6 cm³/mol. The second-order valence-corrected chi connectivity index (χ2v) is 6.27. The van der Waals surface area contributed by atoms with E-state index in [0.29, 0.717) is 10.1 Å². The number of hydrogen-bond donors (Lipinski definition) is 2. The van der Waals surface area contributed by atoms with Gasteiger partial charge in [-0.15, -0.1) is 11.3 Å². The zero-order chi connectivity index (χ0) is 17.1. The van der Waals surface area contributed by atoms with Gasteiger partial charge >= 0.3 is 12.0 Å². The van der Waals surface area contributed by atoms with E-state index in [9.17, 15) is 18.8 Å². The molecule has 122 valence electrons. The fraction of sp³-hybridized carbons (Fsp3) is 0.267. The van der Waals surface area contributed by atoms with Gasteiger partial charge in [-0.1, -0.05) is 19.9 Å². The van der Waals surface area contributed by atoms with Gasteiger partial charge in [-0.2, -0.15) is 0 Å². The van der Waals surface area contributed by atoms with Gasteiger partial charge in [0, 0.05) is 10.1 Å². The molecule has 0 fully saturated rings. The summed E-state index contributed by atoms with van der Waals surface area (Å²) in [5.74, 6) is -2.37. The number of nitrogens with one attached hydrogen (secondary N) is 1. The molecule has 1 heterocycles. The molecular formula is C15H15FN2O4S. The van der Waals surface area contributed by atoms with Crippen molar-refractivity contribution in [3.8, 4) is 0 Å². The third-order valence-electron chi connectivity index (χ3n) is 3.05. The Morgan fingerprint density at radius 2 is 2.00 bits per heavy atom. The number of primary amides is 1. The molecule has 0 bridgehead atoms. The standard InChI is InChI=1S/C15H15FN2O4S/c1-7(2)12(13(19)18-15(17)21)22-14(20)11-6-8-9(16)4-3-5-10(8)23-11/h3-7,12H,1-2H3,(H3,17,18,19,21)/t12-/m1/s1. The quantitative estimate of drug-likeness (QED) is 0.836. The highest BCUT2D eigenvalue weighted by atomic mass is 32.1. The molecule has 23 heavy (non-hydrogen) atoms. The summed E-state index contributed by atoms with van der Waals surface area (Å²) in [5, 5.41) is 2.20. The number of nitrogens with two attached hydrogens (primary N) is 1. The Morgan fingerprint density at radius 3 is 2.57 bits per heavy atom. The number of rotatable bonds is 4. The number of halogens is 1. The molecule has 0 saturated carbocycles. The van der Waals surface area contributed by atoms with Gasteiger partial charge in [0.2, 0.25) is 0 Å². The molecule has 2 rings (SSSR count). The summed E-state index contributed by atoms with van der Waals surface area (Å²) in [5.41, 5.74) is 4.89. The molecule has 1 aromatic heterocycles. The Labute approximate surface area is 135 Å². The van der Waals surface area contributed by atoms with Crippen molar-refractivity contribution in [1.29, 1.82) is 0 Å². The van der Waals surface area contributed by atoms with E-state index in [-0.39, 0.29) is 10.8 Å². The molecule has 0 aliphatic rings. The van der Waals surface area contributed by atoms with Crippen LogP contribution in [0.5, 0.6) is 0 Å². The van der Waals surface area contributed by atoms with E-state index < -0.39 is 29.8 Å². The molecule has 0 aliphatic heterocycles. The van der Waals surface area contributed by atoms with Crippen molar-refractivity contribution in [2.45, 2.75) is 20.0 Å². The summed E-state index contributed by atoms with van der Waals surface area (Å²) < 4.78 is 19.4. The summed E-state index contributed by atoms with van der Waals surface area (Å²) in [6, 6.07) is 4.86. The lowest BCUT2D eigenvalue weighted by Crippen LogP contribution is -2.45. The number of imide groups is 1. The van der Waals surface area contributed by atoms with Crippen LogP contribution >= 0.6 is 11.3 Å². The minimum Gasteiger partial charge on any atom is -0.448 e. The van der Waals surface area contributed by atoms with Crippen LogP contribution in [0.1, 0.15) is 23.5 Å². The van der Waals surface area contributed by atoms with Crippen LogP contribution in [0.25, 0.3) is 10.1 Å². The second kappa shape index (κ2) is 6.74. The number of fused-ring (bicyclic) bond motifs is 1. The Balaban J connectivity index is 2.22. The third-order valence-corrected chi connectivity index (χ3v) is 4.13. The lowest BCUT2D eigenvalue weighted by Gasteiger charge is -2.19.